The number of esters is 1. The predicted molar refractivity (Wildman–Crippen MR) is 94.1 cm³/mol. The molecule has 0 radical (unpaired) electrons. The summed E-state index contributed by atoms with van der Waals surface area (Å²) in [6.07, 6.45) is 3.20. The third kappa shape index (κ3) is 4.35. The van der Waals surface area contributed by atoms with E-state index in [4.69, 9.17) is 0 Å². The van der Waals surface area contributed by atoms with Crippen molar-refractivity contribution in [1.82, 2.24) is 35.1 Å². The van der Waals surface area contributed by atoms with E-state index in [1.54, 1.807) is 23.9 Å². The van der Waals surface area contributed by atoms with Crippen LogP contribution in [-0.2, 0) is 27.4 Å². The summed E-state index contributed by atoms with van der Waals surface area (Å²) >= 11 is 0. The molecular weight excluding hydrogens is 350 g/mol. The van der Waals surface area contributed by atoms with Crippen molar-refractivity contribution in [2.24, 2.45) is 0 Å². The van der Waals surface area contributed by atoms with Crippen molar-refractivity contribution < 1.29 is 14.3 Å². The number of nitrogens with zero attached hydrogens (tertiary/aromatic N) is 6. The molecule has 0 saturated heterocycles. The van der Waals surface area contributed by atoms with Crippen LogP contribution in [0.5, 0.6) is 0 Å². The van der Waals surface area contributed by atoms with Crippen LogP contribution < -0.4 is 5.32 Å². The lowest BCUT2D eigenvalue weighted by Crippen LogP contribution is -2.32. The number of hydrogen-bond acceptors (Lipinski definition) is 7. The first-order valence-electron chi connectivity index (χ1n) is 8.28. The molecule has 1 aromatic carbocycles. The van der Waals surface area contributed by atoms with E-state index in [-0.39, 0.29) is 19.0 Å². The molecule has 27 heavy (non-hydrogen) atoms. The average molecular weight is 369 g/mol. The highest BCUT2D eigenvalue weighted by Gasteiger charge is 2.19. The van der Waals surface area contributed by atoms with E-state index in [9.17, 15) is 9.59 Å². The molecule has 0 saturated carbocycles. The van der Waals surface area contributed by atoms with Crippen LogP contribution >= 0.6 is 0 Å². The Morgan fingerprint density at radius 2 is 2.04 bits per heavy atom. The van der Waals surface area contributed by atoms with Crippen molar-refractivity contribution >= 4 is 11.9 Å². The smallest absolute Gasteiger partial charge is 0.325 e. The molecule has 0 aliphatic heterocycles. The van der Waals surface area contributed by atoms with Crippen LogP contribution in [0.3, 0.4) is 0 Å². The number of aromatic nitrogens is 6. The van der Waals surface area contributed by atoms with Gasteiger partial charge in [0, 0.05) is 18.0 Å². The number of benzene rings is 1. The molecule has 3 rings (SSSR count). The summed E-state index contributed by atoms with van der Waals surface area (Å²) in [5.41, 5.74) is 0.821. The summed E-state index contributed by atoms with van der Waals surface area (Å²) in [6, 6.07) is 8.73. The van der Waals surface area contributed by atoms with Crippen LogP contribution in [0, 0.1) is 0 Å². The van der Waals surface area contributed by atoms with Gasteiger partial charge in [0.2, 0.25) is 11.7 Å². The highest BCUT2D eigenvalue weighted by atomic mass is 16.5. The summed E-state index contributed by atoms with van der Waals surface area (Å²) < 4.78 is 6.25. The lowest BCUT2D eigenvalue weighted by molar-refractivity contribution is -0.141. The van der Waals surface area contributed by atoms with Crippen molar-refractivity contribution in [2.75, 3.05) is 7.11 Å². The molecule has 1 N–H and O–H groups in total. The summed E-state index contributed by atoms with van der Waals surface area (Å²) in [7, 11) is 1.32. The molecular formula is C17H19N7O3. The maximum Gasteiger partial charge on any atom is 0.325 e. The first-order chi connectivity index (χ1) is 13.1. The van der Waals surface area contributed by atoms with E-state index in [2.05, 4.69) is 30.4 Å². The molecule has 0 fully saturated rings. The summed E-state index contributed by atoms with van der Waals surface area (Å²) in [6.45, 7) is 1.86. The van der Waals surface area contributed by atoms with Crippen LogP contribution in [0.2, 0.25) is 0 Å². The fourth-order valence-electron chi connectivity index (χ4n) is 2.37. The molecule has 0 aliphatic rings. The molecule has 140 valence electrons. The maximum absolute atomic E-state index is 12.4. The van der Waals surface area contributed by atoms with Crippen molar-refractivity contribution in [3.05, 3.63) is 48.5 Å². The molecule has 10 heteroatoms. The van der Waals surface area contributed by atoms with Gasteiger partial charge in [0.05, 0.1) is 13.7 Å². The Hall–Kier alpha value is -3.56. The Labute approximate surface area is 155 Å². The Kier molecular flexibility index (Phi) is 5.55. The highest BCUT2D eigenvalue weighted by Crippen LogP contribution is 2.13. The lowest BCUT2D eigenvalue weighted by atomic mass is 10.2. The second kappa shape index (κ2) is 8.21. The van der Waals surface area contributed by atoms with Crippen LogP contribution in [0.25, 0.3) is 11.4 Å². The molecule has 2 aromatic heterocycles. The van der Waals surface area contributed by atoms with Gasteiger partial charge < -0.3 is 14.6 Å². The Bertz CT molecular complexity index is 920. The van der Waals surface area contributed by atoms with E-state index in [0.29, 0.717) is 11.6 Å². The quantitative estimate of drug-likeness (QED) is 0.606. The van der Waals surface area contributed by atoms with Crippen LogP contribution in [0.4, 0.5) is 0 Å². The van der Waals surface area contributed by atoms with Crippen molar-refractivity contribution in [2.45, 2.75) is 26.1 Å². The van der Waals surface area contributed by atoms with E-state index in [1.165, 1.54) is 11.9 Å². The number of amides is 1. The van der Waals surface area contributed by atoms with E-state index in [1.807, 2.05) is 30.3 Å². The normalized spacial score (nSPS) is 11.8. The Balaban J connectivity index is 1.61. The fraction of sp³-hybridized carbons (Fsp3) is 0.294. The molecule has 1 unspecified atom stereocenters. The monoisotopic (exact) mass is 369 g/mol. The second-order valence-corrected chi connectivity index (χ2v) is 5.74. The lowest BCUT2D eigenvalue weighted by Gasteiger charge is -2.11. The van der Waals surface area contributed by atoms with Gasteiger partial charge in [-0.1, -0.05) is 30.3 Å². The maximum atomic E-state index is 12.4. The van der Waals surface area contributed by atoms with Gasteiger partial charge in [-0.05, 0) is 12.1 Å². The number of methoxy groups -OCH3 is 1. The topological polar surface area (TPSA) is 117 Å². The van der Waals surface area contributed by atoms with Gasteiger partial charge in [-0.25, -0.2) is 4.98 Å². The number of tetrazole rings is 1. The zero-order valence-electron chi connectivity index (χ0n) is 14.9. The van der Waals surface area contributed by atoms with Crippen LogP contribution in [0.15, 0.2) is 42.7 Å². The summed E-state index contributed by atoms with van der Waals surface area (Å²) in [5, 5.41) is 15.0. The number of carbonyl (C=O) groups excluding carboxylic acids is 2. The Morgan fingerprint density at radius 3 is 2.78 bits per heavy atom. The van der Waals surface area contributed by atoms with Gasteiger partial charge in [0.15, 0.2) is 0 Å². The van der Waals surface area contributed by atoms with Crippen LogP contribution in [-0.4, -0.2) is 48.7 Å². The van der Waals surface area contributed by atoms with Crippen molar-refractivity contribution in [3.63, 3.8) is 0 Å². The van der Waals surface area contributed by atoms with Gasteiger partial charge in [-0.2, -0.15) is 4.80 Å². The standard InChI is InChI=1S/C17H19N7O3/c1-12(24-21-16(20-22-24)13-6-4-3-5-7-13)17(26)19-10-14-18-8-9-23(14)11-15(25)27-2/h3-9,12H,10-11H2,1-2H3,(H,19,26). The minimum absolute atomic E-state index is 0.0301. The minimum atomic E-state index is -0.654. The number of ether oxygens (including phenoxy) is 1. The zero-order chi connectivity index (χ0) is 19.2. The summed E-state index contributed by atoms with van der Waals surface area (Å²) in [4.78, 5) is 29.2. The third-order valence-corrected chi connectivity index (χ3v) is 3.94. The average Bonchev–Trinajstić information content (AvgIpc) is 3.35. The zero-order valence-corrected chi connectivity index (χ0v) is 14.9. The number of carbonyl (C=O) groups is 2. The molecule has 2 heterocycles. The SMILES string of the molecule is COC(=O)Cn1ccnc1CNC(=O)C(C)n1nnc(-c2ccccc2)n1. The van der Waals surface area contributed by atoms with Gasteiger partial charge in [-0.3, -0.25) is 9.59 Å². The predicted octanol–water partition coefficient (Wildman–Crippen LogP) is 0.587. The van der Waals surface area contributed by atoms with Gasteiger partial charge in [-0.15, -0.1) is 10.2 Å². The molecule has 1 amide bonds. The summed E-state index contributed by atoms with van der Waals surface area (Å²) in [5.74, 6) is 0.301. The highest BCUT2D eigenvalue weighted by molar-refractivity contribution is 5.79. The van der Waals surface area contributed by atoms with Crippen molar-refractivity contribution in [1.29, 1.82) is 0 Å². The van der Waals surface area contributed by atoms with Crippen molar-refractivity contribution in [3.8, 4) is 11.4 Å². The van der Waals surface area contributed by atoms with E-state index in [0.717, 1.165) is 5.56 Å². The third-order valence-electron chi connectivity index (χ3n) is 3.94. The number of imidazole rings is 1. The first kappa shape index (κ1) is 18.2. The molecule has 3 aromatic rings. The number of nitrogens with one attached hydrogen (secondary N) is 1. The number of hydrogen-bond donors (Lipinski definition) is 1. The first-order valence-corrected chi connectivity index (χ1v) is 8.28. The second-order valence-electron chi connectivity index (χ2n) is 5.74. The molecule has 0 spiro atoms. The fourth-order valence-corrected chi connectivity index (χ4v) is 2.37. The Morgan fingerprint density at radius 1 is 1.26 bits per heavy atom. The molecule has 0 bridgehead atoms. The van der Waals surface area contributed by atoms with E-state index < -0.39 is 12.0 Å². The minimum Gasteiger partial charge on any atom is -0.468 e. The largest absolute Gasteiger partial charge is 0.468 e. The molecule has 0 aliphatic carbocycles. The van der Waals surface area contributed by atoms with Gasteiger partial charge in [0.25, 0.3) is 0 Å². The molecule has 10 nitrogen and oxygen atoms in total. The van der Waals surface area contributed by atoms with Gasteiger partial charge >= 0.3 is 5.97 Å². The number of rotatable bonds is 7. The molecule has 1 atom stereocenters. The van der Waals surface area contributed by atoms with E-state index >= 15 is 0 Å². The van der Waals surface area contributed by atoms with Gasteiger partial charge in [0.1, 0.15) is 18.4 Å². The van der Waals surface area contributed by atoms with Crippen LogP contribution in [0.1, 0.15) is 18.8 Å².